The van der Waals surface area contributed by atoms with E-state index in [1.807, 2.05) is 0 Å². The molecule has 0 bridgehead atoms. The van der Waals surface area contributed by atoms with Gasteiger partial charge in [0.25, 0.3) is 0 Å². The first-order valence-electron chi connectivity index (χ1n) is 6.99. The standard InChI is InChI=1S/C16H23NO2/c1-11(2)8-12-4-6-13(7-5-12)14-9-17-10-15(14)16(18)19-3/h4-7,11,14-15,17H,8-10H2,1-3H3. The van der Waals surface area contributed by atoms with Crippen molar-refractivity contribution in [2.45, 2.75) is 26.2 Å². The highest BCUT2D eigenvalue weighted by atomic mass is 16.5. The second kappa shape index (κ2) is 6.20. The van der Waals surface area contributed by atoms with Crippen molar-refractivity contribution in [2.24, 2.45) is 11.8 Å². The van der Waals surface area contributed by atoms with Crippen LogP contribution in [0.15, 0.2) is 24.3 Å². The lowest BCUT2D eigenvalue weighted by Crippen LogP contribution is -2.22. The monoisotopic (exact) mass is 261 g/mol. The Hall–Kier alpha value is -1.35. The second-order valence-electron chi connectivity index (χ2n) is 5.73. The highest BCUT2D eigenvalue weighted by Gasteiger charge is 2.34. The van der Waals surface area contributed by atoms with Crippen molar-refractivity contribution < 1.29 is 9.53 Å². The summed E-state index contributed by atoms with van der Waals surface area (Å²) < 4.78 is 4.88. The molecule has 0 radical (unpaired) electrons. The van der Waals surface area contributed by atoms with E-state index in [9.17, 15) is 4.79 Å². The number of rotatable bonds is 4. The van der Waals surface area contributed by atoms with Crippen molar-refractivity contribution in [3.8, 4) is 0 Å². The van der Waals surface area contributed by atoms with E-state index in [1.54, 1.807) is 0 Å². The molecule has 0 aliphatic carbocycles. The zero-order valence-electron chi connectivity index (χ0n) is 12.0. The largest absolute Gasteiger partial charge is 0.469 e. The Kier molecular flexibility index (Phi) is 4.59. The van der Waals surface area contributed by atoms with Crippen LogP contribution in [0.4, 0.5) is 0 Å². The van der Waals surface area contributed by atoms with Gasteiger partial charge in [-0.3, -0.25) is 4.79 Å². The number of esters is 1. The van der Waals surface area contributed by atoms with E-state index in [1.165, 1.54) is 18.2 Å². The van der Waals surface area contributed by atoms with Crippen LogP contribution in [-0.2, 0) is 16.0 Å². The number of hydrogen-bond acceptors (Lipinski definition) is 3. The van der Waals surface area contributed by atoms with Gasteiger partial charge in [-0.05, 0) is 23.5 Å². The summed E-state index contributed by atoms with van der Waals surface area (Å²) in [7, 11) is 1.46. The van der Waals surface area contributed by atoms with Gasteiger partial charge in [0.2, 0.25) is 0 Å². The second-order valence-corrected chi connectivity index (χ2v) is 5.73. The minimum absolute atomic E-state index is 0.0547. The normalized spacial score (nSPS) is 22.7. The molecule has 0 aromatic heterocycles. The van der Waals surface area contributed by atoms with Crippen LogP contribution in [0.2, 0.25) is 0 Å². The molecule has 0 saturated carbocycles. The number of methoxy groups -OCH3 is 1. The molecular weight excluding hydrogens is 238 g/mol. The Morgan fingerprint density at radius 2 is 2.00 bits per heavy atom. The quantitative estimate of drug-likeness (QED) is 0.846. The Morgan fingerprint density at radius 3 is 2.58 bits per heavy atom. The molecule has 2 unspecified atom stereocenters. The van der Waals surface area contributed by atoms with Crippen molar-refractivity contribution in [3.63, 3.8) is 0 Å². The number of carbonyl (C=O) groups excluding carboxylic acids is 1. The zero-order valence-corrected chi connectivity index (χ0v) is 12.0. The lowest BCUT2D eigenvalue weighted by Gasteiger charge is -2.17. The first-order valence-corrected chi connectivity index (χ1v) is 6.99. The van der Waals surface area contributed by atoms with Gasteiger partial charge >= 0.3 is 5.97 Å². The predicted molar refractivity (Wildman–Crippen MR) is 76.1 cm³/mol. The molecule has 1 aliphatic heterocycles. The highest BCUT2D eigenvalue weighted by Crippen LogP contribution is 2.29. The smallest absolute Gasteiger partial charge is 0.310 e. The average molecular weight is 261 g/mol. The molecule has 1 aromatic carbocycles. The molecule has 1 saturated heterocycles. The van der Waals surface area contributed by atoms with Gasteiger partial charge in [0.15, 0.2) is 0 Å². The Balaban J connectivity index is 2.10. The molecule has 0 amide bonds. The number of hydrogen-bond donors (Lipinski definition) is 1. The first-order chi connectivity index (χ1) is 9.11. The predicted octanol–water partition coefficient (Wildman–Crippen LogP) is 2.36. The fourth-order valence-corrected chi connectivity index (χ4v) is 2.80. The zero-order chi connectivity index (χ0) is 13.8. The maximum atomic E-state index is 11.7. The minimum Gasteiger partial charge on any atom is -0.469 e. The van der Waals surface area contributed by atoms with Gasteiger partial charge in [-0.1, -0.05) is 38.1 Å². The summed E-state index contributed by atoms with van der Waals surface area (Å²) in [4.78, 5) is 11.7. The third kappa shape index (κ3) is 3.35. The van der Waals surface area contributed by atoms with Crippen molar-refractivity contribution in [1.82, 2.24) is 5.32 Å². The van der Waals surface area contributed by atoms with E-state index < -0.39 is 0 Å². The van der Waals surface area contributed by atoms with Crippen LogP contribution >= 0.6 is 0 Å². The van der Waals surface area contributed by atoms with Crippen molar-refractivity contribution >= 4 is 5.97 Å². The van der Waals surface area contributed by atoms with Gasteiger partial charge in [0, 0.05) is 19.0 Å². The first kappa shape index (κ1) is 14.1. The summed E-state index contributed by atoms with van der Waals surface area (Å²) in [6, 6.07) is 8.68. The van der Waals surface area contributed by atoms with Crippen molar-refractivity contribution in [2.75, 3.05) is 20.2 Å². The Bertz CT molecular complexity index is 425. The topological polar surface area (TPSA) is 38.3 Å². The van der Waals surface area contributed by atoms with Crippen molar-refractivity contribution in [1.29, 1.82) is 0 Å². The maximum Gasteiger partial charge on any atom is 0.310 e. The molecule has 2 rings (SSSR count). The summed E-state index contributed by atoms with van der Waals surface area (Å²) in [5.74, 6) is 0.740. The number of nitrogens with one attached hydrogen (secondary N) is 1. The lowest BCUT2D eigenvalue weighted by atomic mass is 9.88. The average Bonchev–Trinajstić information content (AvgIpc) is 2.87. The van der Waals surface area contributed by atoms with Crippen LogP contribution in [0.5, 0.6) is 0 Å². The van der Waals surface area contributed by atoms with E-state index in [4.69, 9.17) is 4.74 Å². The molecule has 1 N–H and O–H groups in total. The van der Waals surface area contributed by atoms with Crippen LogP contribution in [0.25, 0.3) is 0 Å². The number of benzene rings is 1. The third-order valence-electron chi connectivity index (χ3n) is 3.77. The molecule has 1 fully saturated rings. The highest BCUT2D eigenvalue weighted by molar-refractivity contribution is 5.74. The van der Waals surface area contributed by atoms with Crippen LogP contribution in [0.1, 0.15) is 30.9 Å². The van der Waals surface area contributed by atoms with Gasteiger partial charge in [-0.25, -0.2) is 0 Å². The Labute approximate surface area is 115 Å². The number of ether oxygens (including phenoxy) is 1. The fraction of sp³-hybridized carbons (Fsp3) is 0.562. The molecular formula is C16H23NO2. The van der Waals surface area contributed by atoms with E-state index in [0.29, 0.717) is 12.5 Å². The van der Waals surface area contributed by atoms with Gasteiger partial charge in [-0.15, -0.1) is 0 Å². The molecule has 0 spiro atoms. The molecule has 1 aromatic rings. The summed E-state index contributed by atoms with van der Waals surface area (Å²) in [6.07, 6.45) is 1.10. The summed E-state index contributed by atoms with van der Waals surface area (Å²) in [5, 5.41) is 3.28. The van der Waals surface area contributed by atoms with E-state index in [2.05, 4.69) is 43.4 Å². The van der Waals surface area contributed by atoms with E-state index >= 15 is 0 Å². The number of carbonyl (C=O) groups is 1. The van der Waals surface area contributed by atoms with Crippen LogP contribution in [0, 0.1) is 11.8 Å². The maximum absolute atomic E-state index is 11.7. The molecule has 3 nitrogen and oxygen atoms in total. The van der Waals surface area contributed by atoms with Crippen LogP contribution < -0.4 is 5.32 Å². The van der Waals surface area contributed by atoms with Gasteiger partial charge in [-0.2, -0.15) is 0 Å². The molecule has 19 heavy (non-hydrogen) atoms. The Morgan fingerprint density at radius 1 is 1.32 bits per heavy atom. The van der Waals surface area contributed by atoms with E-state index in [0.717, 1.165) is 13.0 Å². The van der Waals surface area contributed by atoms with Gasteiger partial charge < -0.3 is 10.1 Å². The SMILES string of the molecule is COC(=O)C1CNCC1c1ccc(CC(C)C)cc1. The van der Waals surface area contributed by atoms with E-state index in [-0.39, 0.29) is 17.8 Å². The lowest BCUT2D eigenvalue weighted by molar-refractivity contribution is -0.145. The van der Waals surface area contributed by atoms with Gasteiger partial charge in [0.1, 0.15) is 0 Å². The molecule has 3 heteroatoms. The molecule has 1 heterocycles. The molecule has 104 valence electrons. The van der Waals surface area contributed by atoms with Crippen LogP contribution in [-0.4, -0.2) is 26.2 Å². The van der Waals surface area contributed by atoms with Crippen LogP contribution in [0.3, 0.4) is 0 Å². The summed E-state index contributed by atoms with van der Waals surface area (Å²) in [6.45, 7) is 6.01. The minimum atomic E-state index is -0.110. The summed E-state index contributed by atoms with van der Waals surface area (Å²) in [5.41, 5.74) is 2.59. The third-order valence-corrected chi connectivity index (χ3v) is 3.77. The molecule has 2 atom stereocenters. The summed E-state index contributed by atoms with van der Waals surface area (Å²) >= 11 is 0. The van der Waals surface area contributed by atoms with Crippen molar-refractivity contribution in [3.05, 3.63) is 35.4 Å². The van der Waals surface area contributed by atoms with Gasteiger partial charge in [0.05, 0.1) is 13.0 Å². The fourth-order valence-electron chi connectivity index (χ4n) is 2.80. The molecule has 1 aliphatic rings.